The maximum absolute atomic E-state index is 12.0. The van der Waals surface area contributed by atoms with E-state index < -0.39 is 12.0 Å². The van der Waals surface area contributed by atoms with E-state index in [2.05, 4.69) is 0 Å². The highest BCUT2D eigenvalue weighted by Gasteiger charge is 2.43. The molecule has 1 saturated heterocycles. The third kappa shape index (κ3) is 3.22. The fourth-order valence-electron chi connectivity index (χ4n) is 2.44. The van der Waals surface area contributed by atoms with Gasteiger partial charge in [-0.1, -0.05) is 32.1 Å². The average molecular weight is 251 g/mol. The van der Waals surface area contributed by atoms with Gasteiger partial charge in [0.25, 0.3) is 0 Å². The summed E-state index contributed by atoms with van der Waals surface area (Å²) in [7, 11) is 0. The summed E-state index contributed by atoms with van der Waals surface area (Å²) in [5, 5.41) is 9.33. The minimum Gasteiger partial charge on any atom is -0.480 e. The lowest BCUT2D eigenvalue weighted by Gasteiger charge is -2.43. The summed E-state index contributed by atoms with van der Waals surface area (Å²) in [5.41, 5.74) is -0.381. The largest absolute Gasteiger partial charge is 0.480 e. The topological polar surface area (TPSA) is 57.6 Å². The highest BCUT2D eigenvalue weighted by molar-refractivity contribution is 5.91. The van der Waals surface area contributed by atoms with Crippen molar-refractivity contribution in [1.29, 1.82) is 0 Å². The van der Waals surface area contributed by atoms with Crippen molar-refractivity contribution in [2.75, 3.05) is 6.54 Å². The smallest absolute Gasteiger partial charge is 0.326 e. The van der Waals surface area contributed by atoms with E-state index in [0.717, 1.165) is 12.8 Å². The Bertz CT molecular complexity index is 383. The second-order valence-electron chi connectivity index (χ2n) is 5.25. The maximum Gasteiger partial charge on any atom is 0.326 e. The summed E-state index contributed by atoms with van der Waals surface area (Å²) in [6, 6.07) is -0.742. The molecule has 1 heterocycles. The highest BCUT2D eigenvalue weighted by atomic mass is 16.4. The standard InChI is InChI=1S/C14H21NO3/c1-4-5-6-8-11(16)15-10-7-9-14(2,3)12(15)13(17)18/h4-6,8,12H,7,9-10H2,1-3H3,(H,17,18). The van der Waals surface area contributed by atoms with Crippen molar-refractivity contribution in [3.05, 3.63) is 24.3 Å². The predicted octanol–water partition coefficient (Wildman–Crippen LogP) is 2.22. The fraction of sp³-hybridized carbons (Fsp3) is 0.571. The summed E-state index contributed by atoms with van der Waals surface area (Å²) in [6.45, 7) is 6.18. The quantitative estimate of drug-likeness (QED) is 0.618. The Morgan fingerprint density at radius 2 is 2.00 bits per heavy atom. The summed E-state index contributed by atoms with van der Waals surface area (Å²) in [6.07, 6.45) is 8.31. The second-order valence-corrected chi connectivity index (χ2v) is 5.25. The van der Waals surface area contributed by atoms with Crippen LogP contribution in [-0.2, 0) is 9.59 Å². The molecule has 0 aromatic carbocycles. The SMILES string of the molecule is CC=CC=CC(=O)N1CCCC(C)(C)C1C(=O)O. The van der Waals surface area contributed by atoms with Gasteiger partial charge in [0, 0.05) is 12.6 Å². The van der Waals surface area contributed by atoms with E-state index in [4.69, 9.17) is 0 Å². The zero-order valence-electron chi connectivity index (χ0n) is 11.2. The molecule has 1 N–H and O–H groups in total. The molecule has 0 aliphatic carbocycles. The van der Waals surface area contributed by atoms with Gasteiger partial charge in [0.05, 0.1) is 0 Å². The molecule has 18 heavy (non-hydrogen) atoms. The van der Waals surface area contributed by atoms with E-state index in [-0.39, 0.29) is 11.3 Å². The van der Waals surface area contributed by atoms with Crippen LogP contribution in [0.3, 0.4) is 0 Å². The van der Waals surface area contributed by atoms with Crippen molar-refractivity contribution in [3.63, 3.8) is 0 Å². The number of hydrogen-bond donors (Lipinski definition) is 1. The molecule has 1 fully saturated rings. The third-order valence-electron chi connectivity index (χ3n) is 3.33. The number of carboxylic acids is 1. The molecule has 1 rings (SSSR count). The molecule has 0 spiro atoms. The van der Waals surface area contributed by atoms with Gasteiger partial charge in [0.2, 0.25) is 5.91 Å². The molecular formula is C14H21NO3. The van der Waals surface area contributed by atoms with Crippen molar-refractivity contribution in [2.24, 2.45) is 5.41 Å². The number of carbonyl (C=O) groups excluding carboxylic acids is 1. The van der Waals surface area contributed by atoms with Gasteiger partial charge < -0.3 is 10.0 Å². The van der Waals surface area contributed by atoms with Gasteiger partial charge in [-0.15, -0.1) is 0 Å². The van der Waals surface area contributed by atoms with Crippen LogP contribution in [0.5, 0.6) is 0 Å². The second kappa shape index (κ2) is 5.85. The molecular weight excluding hydrogens is 230 g/mol. The molecule has 0 radical (unpaired) electrons. The Morgan fingerprint density at radius 3 is 2.56 bits per heavy atom. The number of nitrogens with zero attached hydrogens (tertiary/aromatic N) is 1. The summed E-state index contributed by atoms with van der Waals surface area (Å²) in [5.74, 6) is -1.15. The number of carboxylic acid groups (broad SMARTS) is 1. The number of piperidine rings is 1. The minimum atomic E-state index is -0.924. The Hall–Kier alpha value is -1.58. The summed E-state index contributed by atoms with van der Waals surface area (Å²) in [4.78, 5) is 24.9. The summed E-state index contributed by atoms with van der Waals surface area (Å²) >= 11 is 0. The molecule has 0 aromatic rings. The van der Waals surface area contributed by atoms with E-state index in [1.807, 2.05) is 26.8 Å². The first-order chi connectivity index (χ1) is 8.40. The van der Waals surface area contributed by atoms with Crippen LogP contribution in [0.4, 0.5) is 0 Å². The summed E-state index contributed by atoms with van der Waals surface area (Å²) < 4.78 is 0. The van der Waals surface area contributed by atoms with Crippen LogP contribution in [0.1, 0.15) is 33.6 Å². The van der Waals surface area contributed by atoms with E-state index in [0.29, 0.717) is 6.54 Å². The third-order valence-corrected chi connectivity index (χ3v) is 3.33. The van der Waals surface area contributed by atoms with Crippen LogP contribution in [0.2, 0.25) is 0 Å². The molecule has 0 aromatic heterocycles. The van der Waals surface area contributed by atoms with Crippen LogP contribution in [0.25, 0.3) is 0 Å². The zero-order valence-corrected chi connectivity index (χ0v) is 11.2. The monoisotopic (exact) mass is 251 g/mol. The Labute approximate surface area is 108 Å². The molecule has 0 bridgehead atoms. The fourth-order valence-corrected chi connectivity index (χ4v) is 2.44. The number of hydrogen-bond acceptors (Lipinski definition) is 2. The van der Waals surface area contributed by atoms with Crippen LogP contribution >= 0.6 is 0 Å². The number of aliphatic carboxylic acids is 1. The lowest BCUT2D eigenvalue weighted by Crippen LogP contribution is -2.55. The molecule has 0 saturated carbocycles. The van der Waals surface area contributed by atoms with Crippen LogP contribution in [-0.4, -0.2) is 34.5 Å². The molecule has 1 amide bonds. The molecule has 1 aliphatic heterocycles. The van der Waals surface area contributed by atoms with Crippen LogP contribution in [0.15, 0.2) is 24.3 Å². The lowest BCUT2D eigenvalue weighted by atomic mass is 9.76. The van der Waals surface area contributed by atoms with Gasteiger partial charge in [-0.3, -0.25) is 4.79 Å². The minimum absolute atomic E-state index is 0.228. The average Bonchev–Trinajstić information content (AvgIpc) is 2.26. The molecule has 1 unspecified atom stereocenters. The van der Waals surface area contributed by atoms with Crippen molar-refractivity contribution in [3.8, 4) is 0 Å². The first kappa shape index (κ1) is 14.5. The van der Waals surface area contributed by atoms with E-state index in [1.54, 1.807) is 12.2 Å². The number of rotatable bonds is 3. The normalized spacial score (nSPS) is 23.7. The molecule has 100 valence electrons. The Morgan fingerprint density at radius 1 is 1.33 bits per heavy atom. The number of carbonyl (C=O) groups is 2. The van der Waals surface area contributed by atoms with Gasteiger partial charge in [0.1, 0.15) is 6.04 Å². The number of amides is 1. The van der Waals surface area contributed by atoms with Crippen molar-refractivity contribution < 1.29 is 14.7 Å². The Kier molecular flexibility index (Phi) is 4.70. The highest BCUT2D eigenvalue weighted by Crippen LogP contribution is 2.35. The number of likely N-dealkylation sites (tertiary alicyclic amines) is 1. The molecule has 1 aliphatic rings. The first-order valence-electron chi connectivity index (χ1n) is 6.23. The van der Waals surface area contributed by atoms with Crippen LogP contribution < -0.4 is 0 Å². The van der Waals surface area contributed by atoms with Crippen molar-refractivity contribution >= 4 is 11.9 Å². The van der Waals surface area contributed by atoms with E-state index in [1.165, 1.54) is 11.0 Å². The van der Waals surface area contributed by atoms with Gasteiger partial charge in [-0.25, -0.2) is 4.79 Å². The van der Waals surface area contributed by atoms with E-state index >= 15 is 0 Å². The maximum atomic E-state index is 12.0. The van der Waals surface area contributed by atoms with E-state index in [9.17, 15) is 14.7 Å². The van der Waals surface area contributed by atoms with Gasteiger partial charge in [-0.2, -0.15) is 0 Å². The molecule has 4 heteroatoms. The molecule has 1 atom stereocenters. The van der Waals surface area contributed by atoms with Crippen molar-refractivity contribution in [2.45, 2.75) is 39.7 Å². The first-order valence-corrected chi connectivity index (χ1v) is 6.23. The van der Waals surface area contributed by atoms with Crippen molar-refractivity contribution in [1.82, 2.24) is 4.90 Å². The Balaban J connectivity index is 2.91. The predicted molar refractivity (Wildman–Crippen MR) is 70.1 cm³/mol. The van der Waals surface area contributed by atoms with Gasteiger partial charge >= 0.3 is 5.97 Å². The number of allylic oxidation sites excluding steroid dienone is 3. The van der Waals surface area contributed by atoms with Crippen LogP contribution in [0, 0.1) is 5.41 Å². The van der Waals surface area contributed by atoms with Gasteiger partial charge in [-0.05, 0) is 25.2 Å². The lowest BCUT2D eigenvalue weighted by molar-refractivity contribution is -0.156. The molecule has 4 nitrogen and oxygen atoms in total. The zero-order chi connectivity index (χ0) is 13.8. The van der Waals surface area contributed by atoms with Gasteiger partial charge in [0.15, 0.2) is 0 Å².